The topological polar surface area (TPSA) is 47.8 Å². The molecule has 0 bridgehead atoms. The number of benzene rings is 2. The fourth-order valence-corrected chi connectivity index (χ4v) is 2.87. The monoisotopic (exact) mass is 313 g/mol. The van der Waals surface area contributed by atoms with Gasteiger partial charge in [0.2, 0.25) is 0 Å². The van der Waals surface area contributed by atoms with E-state index in [2.05, 4.69) is 9.97 Å². The van der Waals surface area contributed by atoms with E-state index < -0.39 is 0 Å². The highest BCUT2D eigenvalue weighted by atomic mass is 16.1. The van der Waals surface area contributed by atoms with E-state index in [1.807, 2.05) is 67.6 Å². The summed E-state index contributed by atoms with van der Waals surface area (Å²) in [5, 5.41) is 0.857. The third kappa shape index (κ3) is 2.38. The van der Waals surface area contributed by atoms with E-state index in [0.717, 1.165) is 22.3 Å². The summed E-state index contributed by atoms with van der Waals surface area (Å²) in [5.74, 6) is 0.636. The molecule has 0 unspecified atom stereocenters. The van der Waals surface area contributed by atoms with E-state index in [-0.39, 0.29) is 5.56 Å². The zero-order valence-corrected chi connectivity index (χ0v) is 13.2. The molecule has 2 heterocycles. The molecule has 116 valence electrons. The zero-order chi connectivity index (χ0) is 16.5. The number of fused-ring (bicyclic) bond motifs is 1. The summed E-state index contributed by atoms with van der Waals surface area (Å²) >= 11 is 0. The largest absolute Gasteiger partial charge is 0.269 e. The predicted molar refractivity (Wildman–Crippen MR) is 95.3 cm³/mol. The molecule has 0 N–H and O–H groups in total. The maximum Gasteiger partial charge on any atom is 0.256 e. The fraction of sp³-hybridized carbons (Fsp3) is 0.0500. The normalized spacial score (nSPS) is 10.9. The van der Waals surface area contributed by atoms with Crippen LogP contribution in [0.25, 0.3) is 28.0 Å². The highest BCUT2D eigenvalue weighted by molar-refractivity contribution is 5.91. The van der Waals surface area contributed by atoms with Crippen LogP contribution >= 0.6 is 0 Å². The average molecular weight is 313 g/mol. The molecule has 0 atom stereocenters. The highest BCUT2D eigenvalue weighted by Gasteiger charge is 2.13. The van der Waals surface area contributed by atoms with E-state index in [4.69, 9.17) is 0 Å². The summed E-state index contributed by atoms with van der Waals surface area (Å²) in [6.45, 7) is 1.85. The number of aryl methyl sites for hydroxylation is 1. The molecular formula is C20H15N3O. The molecule has 0 radical (unpaired) electrons. The summed E-state index contributed by atoms with van der Waals surface area (Å²) in [7, 11) is 0. The Morgan fingerprint density at radius 1 is 0.792 bits per heavy atom. The Hall–Kier alpha value is -3.27. The van der Waals surface area contributed by atoms with E-state index in [1.165, 1.54) is 0 Å². The first kappa shape index (κ1) is 14.3. The Morgan fingerprint density at radius 3 is 2.17 bits per heavy atom. The van der Waals surface area contributed by atoms with E-state index in [9.17, 15) is 4.79 Å². The lowest BCUT2D eigenvalue weighted by molar-refractivity contribution is 0.981. The summed E-state index contributed by atoms with van der Waals surface area (Å²) in [5.41, 5.74) is 3.16. The Kier molecular flexibility index (Phi) is 3.43. The molecule has 0 fully saturated rings. The van der Waals surface area contributed by atoms with Gasteiger partial charge in [0.1, 0.15) is 5.82 Å². The van der Waals surface area contributed by atoms with Crippen LogP contribution in [0.2, 0.25) is 0 Å². The van der Waals surface area contributed by atoms with Crippen molar-refractivity contribution >= 4 is 11.0 Å². The van der Waals surface area contributed by atoms with Gasteiger partial charge in [-0.2, -0.15) is 0 Å². The van der Waals surface area contributed by atoms with Gasteiger partial charge >= 0.3 is 0 Å². The van der Waals surface area contributed by atoms with Crippen LogP contribution in [0.5, 0.6) is 0 Å². The van der Waals surface area contributed by atoms with Gasteiger partial charge in [-0.05, 0) is 25.1 Å². The lowest BCUT2D eigenvalue weighted by atomic mass is 10.1. The van der Waals surface area contributed by atoms with Crippen LogP contribution in [0.4, 0.5) is 0 Å². The molecule has 4 aromatic rings. The molecule has 0 aliphatic heterocycles. The minimum atomic E-state index is -0.106. The smallest absolute Gasteiger partial charge is 0.256 e. The minimum absolute atomic E-state index is 0.106. The Morgan fingerprint density at radius 2 is 1.46 bits per heavy atom. The maximum absolute atomic E-state index is 12.5. The van der Waals surface area contributed by atoms with Gasteiger partial charge in [0.05, 0.1) is 11.4 Å². The molecular weight excluding hydrogens is 298 g/mol. The molecule has 0 aliphatic carbocycles. The van der Waals surface area contributed by atoms with Gasteiger partial charge in [0.25, 0.3) is 5.56 Å². The Bertz CT molecular complexity index is 1070. The third-order valence-corrected chi connectivity index (χ3v) is 3.92. The van der Waals surface area contributed by atoms with Crippen molar-refractivity contribution in [1.82, 2.24) is 14.5 Å². The lowest BCUT2D eigenvalue weighted by Crippen LogP contribution is -2.19. The third-order valence-electron chi connectivity index (χ3n) is 3.92. The number of hydrogen-bond acceptors (Lipinski definition) is 3. The van der Waals surface area contributed by atoms with E-state index in [0.29, 0.717) is 11.5 Å². The van der Waals surface area contributed by atoms with Crippen LogP contribution < -0.4 is 5.56 Å². The second-order valence-electron chi connectivity index (χ2n) is 5.57. The van der Waals surface area contributed by atoms with Crippen molar-refractivity contribution in [2.75, 3.05) is 0 Å². The van der Waals surface area contributed by atoms with Gasteiger partial charge in [0.15, 0.2) is 5.65 Å². The van der Waals surface area contributed by atoms with Gasteiger partial charge in [-0.25, -0.2) is 9.97 Å². The van der Waals surface area contributed by atoms with Gasteiger partial charge in [-0.15, -0.1) is 0 Å². The second kappa shape index (κ2) is 5.74. The minimum Gasteiger partial charge on any atom is -0.269 e. The number of rotatable bonds is 2. The molecule has 0 saturated carbocycles. The van der Waals surface area contributed by atoms with Crippen LogP contribution in [0.1, 0.15) is 5.82 Å². The summed E-state index contributed by atoms with van der Waals surface area (Å²) in [6.07, 6.45) is 0. The van der Waals surface area contributed by atoms with Gasteiger partial charge in [0, 0.05) is 17.0 Å². The molecule has 24 heavy (non-hydrogen) atoms. The summed E-state index contributed by atoms with van der Waals surface area (Å²) in [6, 6.07) is 22.9. The molecule has 4 nitrogen and oxygen atoms in total. The SMILES string of the molecule is Cc1nc(-c2ccccc2)c2ccc(=O)n(-c3ccccc3)c2n1. The second-order valence-corrected chi connectivity index (χ2v) is 5.57. The zero-order valence-electron chi connectivity index (χ0n) is 13.2. The molecule has 2 aromatic heterocycles. The van der Waals surface area contributed by atoms with Gasteiger partial charge in [-0.3, -0.25) is 9.36 Å². The average Bonchev–Trinajstić information content (AvgIpc) is 2.62. The van der Waals surface area contributed by atoms with Crippen molar-refractivity contribution in [3.63, 3.8) is 0 Å². The van der Waals surface area contributed by atoms with E-state index in [1.54, 1.807) is 16.7 Å². The predicted octanol–water partition coefficient (Wildman–Crippen LogP) is 3.76. The molecule has 2 aromatic carbocycles. The number of nitrogens with zero attached hydrogens (tertiary/aromatic N) is 3. The standard InChI is InChI=1S/C20H15N3O/c1-14-21-19(15-8-4-2-5-9-15)17-12-13-18(24)23(20(17)22-14)16-10-6-3-7-11-16/h2-13H,1H3. The van der Waals surface area contributed by atoms with Crippen molar-refractivity contribution in [1.29, 1.82) is 0 Å². The number of hydrogen-bond donors (Lipinski definition) is 0. The van der Waals surface area contributed by atoms with Crippen molar-refractivity contribution < 1.29 is 0 Å². The fourth-order valence-electron chi connectivity index (χ4n) is 2.87. The molecule has 0 spiro atoms. The number of pyridine rings is 1. The van der Waals surface area contributed by atoms with Gasteiger partial charge < -0.3 is 0 Å². The Labute approximate surface area is 139 Å². The maximum atomic E-state index is 12.5. The van der Waals surface area contributed by atoms with Crippen LogP contribution in [0.3, 0.4) is 0 Å². The van der Waals surface area contributed by atoms with Crippen molar-refractivity contribution in [3.8, 4) is 16.9 Å². The molecule has 4 rings (SSSR count). The highest BCUT2D eigenvalue weighted by Crippen LogP contribution is 2.26. The van der Waals surface area contributed by atoms with E-state index >= 15 is 0 Å². The summed E-state index contributed by atoms with van der Waals surface area (Å²) < 4.78 is 1.64. The van der Waals surface area contributed by atoms with Crippen LogP contribution in [0.15, 0.2) is 77.6 Å². The lowest BCUT2D eigenvalue weighted by Gasteiger charge is -2.12. The Balaban J connectivity index is 2.11. The molecule has 0 aliphatic rings. The van der Waals surface area contributed by atoms with Gasteiger partial charge in [-0.1, -0.05) is 48.5 Å². The number of aromatic nitrogens is 3. The quantitative estimate of drug-likeness (QED) is 0.566. The van der Waals surface area contributed by atoms with Crippen molar-refractivity contribution in [3.05, 3.63) is 89.0 Å². The first-order chi connectivity index (χ1) is 11.7. The summed E-state index contributed by atoms with van der Waals surface area (Å²) in [4.78, 5) is 21.7. The molecule has 4 heteroatoms. The van der Waals surface area contributed by atoms with Crippen LogP contribution in [-0.2, 0) is 0 Å². The van der Waals surface area contributed by atoms with Crippen LogP contribution in [-0.4, -0.2) is 14.5 Å². The molecule has 0 amide bonds. The van der Waals surface area contributed by atoms with Crippen molar-refractivity contribution in [2.45, 2.75) is 6.92 Å². The molecule has 0 saturated heterocycles. The first-order valence-electron chi connectivity index (χ1n) is 7.75. The van der Waals surface area contributed by atoms with Crippen LogP contribution in [0, 0.1) is 6.92 Å². The first-order valence-corrected chi connectivity index (χ1v) is 7.75. The van der Waals surface area contributed by atoms with Crippen molar-refractivity contribution in [2.24, 2.45) is 0 Å². The number of para-hydroxylation sites is 1.